The second-order valence-corrected chi connectivity index (χ2v) is 5.69. The smallest absolute Gasteiger partial charge is 0.0897 e. The molecule has 0 atom stereocenters. The monoisotopic (exact) mass is 210 g/mol. The second-order valence-electron chi connectivity index (χ2n) is 4.63. The maximum atomic E-state index is 4.43. The summed E-state index contributed by atoms with van der Waals surface area (Å²) in [5.74, 6) is 0. The first kappa shape index (κ1) is 10.1. The van der Waals surface area contributed by atoms with E-state index in [9.17, 15) is 0 Å². The number of aromatic nitrogens is 1. The Bertz CT molecular complexity index is 302. The summed E-state index contributed by atoms with van der Waals surface area (Å²) < 4.78 is 0. The van der Waals surface area contributed by atoms with Crippen molar-refractivity contribution < 1.29 is 0 Å². The fourth-order valence-corrected chi connectivity index (χ4v) is 2.55. The van der Waals surface area contributed by atoms with E-state index in [-0.39, 0.29) is 0 Å². The van der Waals surface area contributed by atoms with E-state index in [1.807, 2.05) is 0 Å². The van der Waals surface area contributed by atoms with Crippen molar-refractivity contribution in [1.29, 1.82) is 0 Å². The molecule has 3 heteroatoms. The van der Waals surface area contributed by atoms with Gasteiger partial charge in [0.15, 0.2) is 0 Å². The van der Waals surface area contributed by atoms with Gasteiger partial charge in [0.1, 0.15) is 0 Å². The summed E-state index contributed by atoms with van der Waals surface area (Å²) in [6.45, 7) is 6.50. The van der Waals surface area contributed by atoms with E-state index in [0.29, 0.717) is 5.41 Å². The van der Waals surface area contributed by atoms with Crippen LogP contribution in [0.25, 0.3) is 0 Å². The molecule has 1 fully saturated rings. The van der Waals surface area contributed by atoms with Gasteiger partial charge in [0, 0.05) is 18.5 Å². The minimum absolute atomic E-state index is 0.574. The molecule has 1 N–H and O–H groups in total. The van der Waals surface area contributed by atoms with Crippen LogP contribution in [0.1, 0.15) is 36.9 Å². The summed E-state index contributed by atoms with van der Waals surface area (Å²) in [6, 6.07) is 0. The highest BCUT2D eigenvalue weighted by Gasteiger charge is 2.30. The Hall–Kier alpha value is -0.410. The summed E-state index contributed by atoms with van der Waals surface area (Å²) >= 11 is 1.73. The van der Waals surface area contributed by atoms with Gasteiger partial charge in [-0.25, -0.2) is 4.98 Å². The lowest BCUT2D eigenvalue weighted by Gasteiger charge is -2.38. The predicted octanol–water partition coefficient (Wildman–Crippen LogP) is 2.73. The molecule has 2 nitrogen and oxygen atoms in total. The number of nitrogens with zero attached hydrogens (tertiary/aromatic N) is 1. The van der Waals surface area contributed by atoms with Crippen molar-refractivity contribution >= 4 is 11.3 Å². The van der Waals surface area contributed by atoms with Gasteiger partial charge in [0.2, 0.25) is 0 Å². The normalized spacial score (nSPS) is 19.3. The van der Waals surface area contributed by atoms with Crippen LogP contribution in [0, 0.1) is 12.3 Å². The number of thiazole rings is 1. The molecule has 2 rings (SSSR count). The van der Waals surface area contributed by atoms with Crippen LogP contribution in [0.5, 0.6) is 0 Å². The Morgan fingerprint density at radius 1 is 1.57 bits per heavy atom. The van der Waals surface area contributed by atoms with Crippen molar-refractivity contribution in [3.05, 3.63) is 16.1 Å². The molecule has 0 bridgehead atoms. The van der Waals surface area contributed by atoms with Gasteiger partial charge in [-0.2, -0.15) is 0 Å². The molecule has 14 heavy (non-hydrogen) atoms. The fourth-order valence-electron chi connectivity index (χ4n) is 1.94. The molecule has 1 aliphatic carbocycles. The van der Waals surface area contributed by atoms with Crippen molar-refractivity contribution in [1.82, 2.24) is 10.3 Å². The van der Waals surface area contributed by atoms with Crippen molar-refractivity contribution in [2.24, 2.45) is 5.41 Å². The largest absolute Gasteiger partial charge is 0.311 e. The number of rotatable bonds is 4. The first-order valence-electron chi connectivity index (χ1n) is 5.30. The van der Waals surface area contributed by atoms with Crippen LogP contribution in [-0.2, 0) is 6.54 Å². The molecule has 1 heterocycles. The SMILES string of the molecule is Cc1nc(CNCC2(C)CCC2)cs1. The lowest BCUT2D eigenvalue weighted by molar-refractivity contribution is 0.156. The first-order chi connectivity index (χ1) is 6.68. The zero-order chi connectivity index (χ0) is 10.0. The minimum Gasteiger partial charge on any atom is -0.311 e. The van der Waals surface area contributed by atoms with E-state index in [1.54, 1.807) is 11.3 Å². The molecule has 0 aromatic carbocycles. The lowest BCUT2D eigenvalue weighted by Crippen LogP contribution is -2.37. The van der Waals surface area contributed by atoms with Crippen LogP contribution in [0.4, 0.5) is 0 Å². The Balaban J connectivity index is 1.72. The number of hydrogen-bond donors (Lipinski definition) is 1. The maximum Gasteiger partial charge on any atom is 0.0897 e. The minimum atomic E-state index is 0.574. The molecule has 1 aromatic heterocycles. The lowest BCUT2D eigenvalue weighted by atomic mass is 9.70. The maximum absolute atomic E-state index is 4.43. The third-order valence-corrected chi connectivity index (χ3v) is 3.91. The molecule has 0 amide bonds. The van der Waals surface area contributed by atoms with Gasteiger partial charge in [-0.1, -0.05) is 13.3 Å². The van der Waals surface area contributed by atoms with Crippen molar-refractivity contribution in [2.45, 2.75) is 39.7 Å². The van der Waals surface area contributed by atoms with Gasteiger partial charge in [-0.05, 0) is 25.2 Å². The van der Waals surface area contributed by atoms with Gasteiger partial charge in [0.05, 0.1) is 10.7 Å². The highest BCUT2D eigenvalue weighted by atomic mass is 32.1. The molecule has 1 aliphatic rings. The average Bonchev–Trinajstić information content (AvgIpc) is 2.49. The zero-order valence-corrected chi connectivity index (χ0v) is 9.78. The quantitative estimate of drug-likeness (QED) is 0.826. The van der Waals surface area contributed by atoms with Crippen LogP contribution in [0.15, 0.2) is 5.38 Å². The van der Waals surface area contributed by atoms with Crippen LogP contribution in [-0.4, -0.2) is 11.5 Å². The number of nitrogens with one attached hydrogen (secondary N) is 1. The van der Waals surface area contributed by atoms with Crippen LogP contribution in [0.2, 0.25) is 0 Å². The Kier molecular flexibility index (Phi) is 2.88. The molecule has 1 saturated carbocycles. The van der Waals surface area contributed by atoms with Gasteiger partial charge in [-0.3, -0.25) is 0 Å². The average molecular weight is 210 g/mol. The topological polar surface area (TPSA) is 24.9 Å². The Morgan fingerprint density at radius 3 is 2.86 bits per heavy atom. The van der Waals surface area contributed by atoms with E-state index < -0.39 is 0 Å². The molecule has 1 aromatic rings. The molecule has 0 saturated heterocycles. The molecular weight excluding hydrogens is 192 g/mol. The summed E-state index contributed by atoms with van der Waals surface area (Å²) in [6.07, 6.45) is 4.18. The van der Waals surface area contributed by atoms with Gasteiger partial charge in [0.25, 0.3) is 0 Å². The molecule has 0 aliphatic heterocycles. The third-order valence-electron chi connectivity index (χ3n) is 3.09. The molecule has 0 radical (unpaired) electrons. The van der Waals surface area contributed by atoms with Gasteiger partial charge < -0.3 is 5.32 Å². The summed E-state index contributed by atoms with van der Waals surface area (Å²) in [5.41, 5.74) is 1.76. The first-order valence-corrected chi connectivity index (χ1v) is 6.18. The molecule has 0 unspecified atom stereocenters. The molecule has 78 valence electrons. The Morgan fingerprint density at radius 2 is 2.36 bits per heavy atom. The predicted molar refractivity (Wildman–Crippen MR) is 60.5 cm³/mol. The Labute approximate surface area is 89.8 Å². The van der Waals surface area contributed by atoms with E-state index >= 15 is 0 Å². The summed E-state index contributed by atoms with van der Waals surface area (Å²) in [7, 11) is 0. The van der Waals surface area contributed by atoms with Gasteiger partial charge >= 0.3 is 0 Å². The summed E-state index contributed by atoms with van der Waals surface area (Å²) in [5, 5.41) is 6.81. The van der Waals surface area contributed by atoms with E-state index in [0.717, 1.165) is 18.1 Å². The van der Waals surface area contributed by atoms with Gasteiger partial charge in [-0.15, -0.1) is 11.3 Å². The number of aryl methyl sites for hydroxylation is 1. The zero-order valence-electron chi connectivity index (χ0n) is 8.97. The van der Waals surface area contributed by atoms with Crippen LogP contribution < -0.4 is 5.32 Å². The van der Waals surface area contributed by atoms with Crippen molar-refractivity contribution in [3.63, 3.8) is 0 Å². The van der Waals surface area contributed by atoms with Crippen molar-refractivity contribution in [2.75, 3.05) is 6.54 Å². The highest BCUT2D eigenvalue weighted by molar-refractivity contribution is 7.09. The standard InChI is InChI=1S/C11H18N2S/c1-9-13-10(7-14-9)6-12-8-11(2)4-3-5-11/h7,12H,3-6,8H2,1-2H3. The van der Waals surface area contributed by atoms with E-state index in [4.69, 9.17) is 0 Å². The van der Waals surface area contributed by atoms with E-state index in [1.165, 1.54) is 25.0 Å². The van der Waals surface area contributed by atoms with Crippen LogP contribution in [0.3, 0.4) is 0 Å². The number of hydrogen-bond acceptors (Lipinski definition) is 3. The molecule has 0 spiro atoms. The fraction of sp³-hybridized carbons (Fsp3) is 0.727. The van der Waals surface area contributed by atoms with Crippen molar-refractivity contribution in [3.8, 4) is 0 Å². The van der Waals surface area contributed by atoms with E-state index in [2.05, 4.69) is 29.5 Å². The third kappa shape index (κ3) is 2.34. The summed E-state index contributed by atoms with van der Waals surface area (Å²) in [4.78, 5) is 4.43. The molecular formula is C11H18N2S. The van der Waals surface area contributed by atoms with Crippen LogP contribution >= 0.6 is 11.3 Å². The second kappa shape index (κ2) is 3.99. The highest BCUT2D eigenvalue weighted by Crippen LogP contribution is 2.39.